The number of H-pyrrole nitrogens is 1. The van der Waals surface area contributed by atoms with Gasteiger partial charge >= 0.3 is 6.18 Å². The molecule has 1 aromatic carbocycles. The minimum absolute atomic E-state index is 0.272. The Morgan fingerprint density at radius 3 is 2.58 bits per heavy atom. The molecule has 1 heterocycles. The summed E-state index contributed by atoms with van der Waals surface area (Å²) >= 11 is 0. The Morgan fingerprint density at radius 2 is 2.04 bits per heavy atom. The molecule has 2 aromatic rings. The maximum atomic E-state index is 13.6. The third-order valence-corrected chi connectivity index (χ3v) is 3.60. The Hall–Kier alpha value is -2.42. The summed E-state index contributed by atoms with van der Waals surface area (Å²) in [6.45, 7) is 2.95. The predicted molar refractivity (Wildman–Crippen MR) is 78.2 cm³/mol. The fraction of sp³-hybridized carbons (Fsp3) is 0.333. The predicted octanol–water partition coefficient (Wildman–Crippen LogP) is 2.50. The van der Waals surface area contributed by atoms with Gasteiger partial charge < -0.3 is 11.1 Å². The van der Waals surface area contributed by atoms with Crippen LogP contribution in [0.5, 0.6) is 0 Å². The third-order valence-electron chi connectivity index (χ3n) is 3.60. The van der Waals surface area contributed by atoms with Crippen LogP contribution in [0.4, 0.5) is 17.6 Å². The van der Waals surface area contributed by atoms with Crippen molar-refractivity contribution in [2.75, 3.05) is 0 Å². The van der Waals surface area contributed by atoms with E-state index in [2.05, 4.69) is 15.5 Å². The van der Waals surface area contributed by atoms with E-state index in [4.69, 9.17) is 5.73 Å². The molecule has 1 atom stereocenters. The molecule has 0 aliphatic heterocycles. The topological polar surface area (TPSA) is 83.8 Å². The van der Waals surface area contributed by atoms with E-state index >= 15 is 0 Å². The molecule has 9 heteroatoms. The number of nitrogens with zero attached hydrogens (tertiary/aromatic N) is 1. The number of carbonyl (C=O) groups excluding carboxylic acids is 1. The number of rotatable bonds is 4. The summed E-state index contributed by atoms with van der Waals surface area (Å²) in [7, 11) is 0. The summed E-state index contributed by atoms with van der Waals surface area (Å²) in [5, 5.41) is 8.95. The first-order valence-electron chi connectivity index (χ1n) is 7.01. The van der Waals surface area contributed by atoms with Gasteiger partial charge in [-0.2, -0.15) is 18.3 Å². The number of hydrogen-bond donors (Lipinski definition) is 3. The van der Waals surface area contributed by atoms with E-state index < -0.39 is 36.1 Å². The molecule has 2 rings (SSSR count). The average Bonchev–Trinajstić information content (AvgIpc) is 2.83. The van der Waals surface area contributed by atoms with Crippen LogP contribution < -0.4 is 11.1 Å². The highest BCUT2D eigenvalue weighted by atomic mass is 19.4. The minimum Gasteiger partial charge on any atom is -0.350 e. The number of nitrogens with one attached hydrogen (secondary N) is 2. The van der Waals surface area contributed by atoms with E-state index in [1.165, 1.54) is 0 Å². The van der Waals surface area contributed by atoms with Crippen molar-refractivity contribution in [3.05, 3.63) is 52.1 Å². The van der Waals surface area contributed by atoms with E-state index in [0.29, 0.717) is 35.2 Å². The van der Waals surface area contributed by atoms with Crippen molar-refractivity contribution in [3.8, 4) is 0 Å². The highest BCUT2D eigenvalue weighted by molar-refractivity contribution is 5.83. The Morgan fingerprint density at radius 1 is 1.38 bits per heavy atom. The van der Waals surface area contributed by atoms with Gasteiger partial charge in [-0.1, -0.05) is 0 Å². The van der Waals surface area contributed by atoms with Gasteiger partial charge in [0.1, 0.15) is 11.9 Å². The lowest BCUT2D eigenvalue weighted by Gasteiger charge is -2.14. The van der Waals surface area contributed by atoms with Crippen LogP contribution in [0.2, 0.25) is 0 Å². The van der Waals surface area contributed by atoms with E-state index in [1.54, 1.807) is 13.8 Å². The van der Waals surface area contributed by atoms with Crippen molar-refractivity contribution in [1.82, 2.24) is 15.5 Å². The molecule has 4 N–H and O–H groups in total. The Balaban J connectivity index is 2.12. The van der Waals surface area contributed by atoms with Gasteiger partial charge in [0.05, 0.1) is 11.3 Å². The number of benzene rings is 1. The molecular formula is C15H16F4N4O. The number of amides is 1. The summed E-state index contributed by atoms with van der Waals surface area (Å²) in [5.74, 6) is -1.48. The molecule has 0 saturated carbocycles. The number of halogens is 4. The van der Waals surface area contributed by atoms with Crippen LogP contribution >= 0.6 is 0 Å². The van der Waals surface area contributed by atoms with Crippen LogP contribution in [-0.2, 0) is 17.5 Å². The number of aryl methyl sites for hydroxylation is 2. The third kappa shape index (κ3) is 3.73. The van der Waals surface area contributed by atoms with Gasteiger partial charge in [0.15, 0.2) is 0 Å². The van der Waals surface area contributed by atoms with Gasteiger partial charge in [-0.15, -0.1) is 0 Å². The second-order valence-corrected chi connectivity index (χ2v) is 5.35. The number of carbonyl (C=O) groups is 1. The molecule has 1 amide bonds. The largest absolute Gasteiger partial charge is 0.416 e. The maximum absolute atomic E-state index is 13.6. The monoisotopic (exact) mass is 344 g/mol. The Labute approximate surface area is 135 Å². The first kappa shape index (κ1) is 17.9. The highest BCUT2D eigenvalue weighted by Crippen LogP contribution is 2.30. The van der Waals surface area contributed by atoms with Gasteiger partial charge in [0.25, 0.3) is 0 Å². The number of alkyl halides is 3. The van der Waals surface area contributed by atoms with Gasteiger partial charge in [0, 0.05) is 23.4 Å². The van der Waals surface area contributed by atoms with Crippen molar-refractivity contribution in [1.29, 1.82) is 0 Å². The number of hydrogen-bond acceptors (Lipinski definition) is 3. The van der Waals surface area contributed by atoms with Crippen molar-refractivity contribution < 1.29 is 22.4 Å². The van der Waals surface area contributed by atoms with Crippen molar-refractivity contribution in [2.24, 2.45) is 5.73 Å². The zero-order chi connectivity index (χ0) is 18.1. The molecule has 0 aliphatic rings. The fourth-order valence-electron chi connectivity index (χ4n) is 2.33. The molecule has 0 fully saturated rings. The maximum Gasteiger partial charge on any atom is 0.416 e. The lowest BCUT2D eigenvalue weighted by Crippen LogP contribution is -2.34. The first-order valence-corrected chi connectivity index (χ1v) is 7.01. The van der Waals surface area contributed by atoms with Crippen LogP contribution in [0.15, 0.2) is 18.2 Å². The zero-order valence-electron chi connectivity index (χ0n) is 13.0. The van der Waals surface area contributed by atoms with Crippen molar-refractivity contribution in [3.63, 3.8) is 0 Å². The molecule has 0 aliphatic carbocycles. The van der Waals surface area contributed by atoms with Gasteiger partial charge in [0.2, 0.25) is 5.91 Å². The molecule has 24 heavy (non-hydrogen) atoms. The minimum atomic E-state index is -4.59. The molecular weight excluding hydrogens is 328 g/mol. The van der Waals surface area contributed by atoms with Crippen LogP contribution in [0.25, 0.3) is 0 Å². The van der Waals surface area contributed by atoms with E-state index in [0.717, 1.165) is 0 Å². The summed E-state index contributed by atoms with van der Waals surface area (Å²) in [5.41, 5.74) is 6.23. The van der Waals surface area contributed by atoms with E-state index in [1.807, 2.05) is 0 Å². The molecule has 0 saturated heterocycles. The molecule has 0 radical (unpaired) electrons. The van der Waals surface area contributed by atoms with E-state index in [9.17, 15) is 22.4 Å². The quantitative estimate of drug-likeness (QED) is 0.745. The zero-order valence-corrected chi connectivity index (χ0v) is 13.0. The normalized spacial score (nSPS) is 13.0. The lowest BCUT2D eigenvalue weighted by atomic mass is 10.0. The summed E-state index contributed by atoms with van der Waals surface area (Å²) in [4.78, 5) is 12.1. The second-order valence-electron chi connectivity index (χ2n) is 5.35. The van der Waals surface area contributed by atoms with E-state index in [-0.39, 0.29) is 5.56 Å². The second kappa shape index (κ2) is 6.60. The Kier molecular flexibility index (Phi) is 4.93. The SMILES string of the molecule is Cc1n[nH]c(C)c1C(N)C(=O)NCc1cc(C(F)(F)F)ccc1F. The molecule has 1 unspecified atom stereocenters. The van der Waals surface area contributed by atoms with Crippen molar-refractivity contribution >= 4 is 5.91 Å². The lowest BCUT2D eigenvalue weighted by molar-refractivity contribution is -0.137. The smallest absolute Gasteiger partial charge is 0.350 e. The summed E-state index contributed by atoms with van der Waals surface area (Å²) in [6.07, 6.45) is -4.59. The molecule has 1 aromatic heterocycles. The standard InChI is InChI=1S/C15H16F4N4O/c1-7-12(8(2)23-22-7)13(20)14(24)21-6-9-5-10(15(17,18)19)3-4-11(9)16/h3-5,13H,6,20H2,1-2H3,(H,21,24)(H,22,23). The van der Waals surface area contributed by atoms with Gasteiger partial charge in [-0.3, -0.25) is 9.89 Å². The first-order chi connectivity index (χ1) is 11.1. The Bertz CT molecular complexity index is 735. The molecule has 130 valence electrons. The van der Waals surface area contributed by atoms with Crippen LogP contribution in [0, 0.1) is 19.7 Å². The van der Waals surface area contributed by atoms with Crippen LogP contribution in [-0.4, -0.2) is 16.1 Å². The number of aromatic nitrogens is 2. The average molecular weight is 344 g/mol. The van der Waals surface area contributed by atoms with Gasteiger partial charge in [-0.05, 0) is 32.0 Å². The molecule has 0 spiro atoms. The van der Waals surface area contributed by atoms with Gasteiger partial charge in [-0.25, -0.2) is 4.39 Å². The van der Waals surface area contributed by atoms with Crippen LogP contribution in [0.3, 0.4) is 0 Å². The molecule has 5 nitrogen and oxygen atoms in total. The fourth-order valence-corrected chi connectivity index (χ4v) is 2.33. The number of aromatic amines is 1. The van der Waals surface area contributed by atoms with Crippen molar-refractivity contribution in [2.45, 2.75) is 32.6 Å². The summed E-state index contributed by atoms with van der Waals surface area (Å²) < 4.78 is 51.6. The van der Waals surface area contributed by atoms with Crippen LogP contribution in [0.1, 0.15) is 34.1 Å². The number of nitrogens with two attached hydrogens (primary N) is 1. The highest BCUT2D eigenvalue weighted by Gasteiger charge is 2.31. The molecule has 0 bridgehead atoms. The summed E-state index contributed by atoms with van der Waals surface area (Å²) in [6, 6.07) is 0.965.